The van der Waals surface area contributed by atoms with E-state index in [2.05, 4.69) is 22.9 Å². The Morgan fingerprint density at radius 1 is 1.50 bits per heavy atom. The Morgan fingerprint density at radius 3 is 2.60 bits per heavy atom. The molecule has 6 heteroatoms. The highest BCUT2D eigenvalue weighted by atomic mass is 32.1. The molecular weight excluding hydrogens is 154 g/mol. The zero-order chi connectivity index (χ0) is 7.56. The zero-order valence-electron chi connectivity index (χ0n) is 5.61. The molecule has 0 aliphatic rings. The average Bonchev–Trinajstić information content (AvgIpc) is 2.30. The van der Waals surface area contributed by atoms with E-state index in [0.717, 1.165) is 4.85 Å². The predicted molar refractivity (Wildman–Crippen MR) is 36.3 cm³/mol. The number of thiol groups is 1. The average molecular weight is 161 g/mol. The molecule has 0 saturated heterocycles. The lowest BCUT2D eigenvalue weighted by Gasteiger charge is -2.00. The molecule has 1 aromatic rings. The Labute approximate surface area is 63.3 Å². The number of hydrogen-bond acceptors (Lipinski definition) is 5. The summed E-state index contributed by atoms with van der Waals surface area (Å²) in [5.74, 6) is 0.394. The Kier molecular flexibility index (Phi) is 2.00. The van der Waals surface area contributed by atoms with Crippen molar-refractivity contribution in [1.29, 1.82) is 0 Å². The summed E-state index contributed by atoms with van der Waals surface area (Å²) >= 11 is 3.95. The maximum atomic E-state index is 4.84. The van der Waals surface area contributed by atoms with Gasteiger partial charge in [-0.25, -0.2) is 0 Å². The standard InChI is InChI=1S/C4H7N3O2S/c1-8-4-3(10)5-6-7(4)9-2/h10H,1-2H3. The van der Waals surface area contributed by atoms with Crippen molar-refractivity contribution in [3.05, 3.63) is 0 Å². The monoisotopic (exact) mass is 161 g/mol. The SMILES string of the molecule is COc1c(S)nnn1OC. The number of nitrogens with zero attached hydrogens (tertiary/aromatic N) is 3. The summed E-state index contributed by atoms with van der Waals surface area (Å²) in [5.41, 5.74) is 0. The topological polar surface area (TPSA) is 49.2 Å². The largest absolute Gasteiger partial charge is 0.477 e. The molecule has 56 valence electrons. The van der Waals surface area contributed by atoms with Gasteiger partial charge in [-0.1, -0.05) is 0 Å². The van der Waals surface area contributed by atoms with E-state index in [0.29, 0.717) is 10.9 Å². The molecule has 0 bridgehead atoms. The second-order valence-electron chi connectivity index (χ2n) is 1.48. The van der Waals surface area contributed by atoms with Gasteiger partial charge in [0.15, 0.2) is 5.03 Å². The van der Waals surface area contributed by atoms with Crippen LogP contribution in [0.4, 0.5) is 0 Å². The minimum atomic E-state index is 0.394. The van der Waals surface area contributed by atoms with E-state index in [1.165, 1.54) is 14.2 Å². The van der Waals surface area contributed by atoms with E-state index in [-0.39, 0.29) is 0 Å². The highest BCUT2D eigenvalue weighted by Crippen LogP contribution is 2.16. The quantitative estimate of drug-likeness (QED) is 0.601. The lowest BCUT2D eigenvalue weighted by atomic mass is 10.8. The molecule has 1 aromatic heterocycles. The molecule has 0 saturated carbocycles. The molecule has 0 aliphatic carbocycles. The van der Waals surface area contributed by atoms with Crippen LogP contribution in [0.2, 0.25) is 0 Å². The molecule has 0 unspecified atom stereocenters. The molecule has 0 spiro atoms. The number of hydrogen-bond donors (Lipinski definition) is 1. The Balaban J connectivity index is 3.01. The summed E-state index contributed by atoms with van der Waals surface area (Å²) in [7, 11) is 2.96. The second-order valence-corrected chi connectivity index (χ2v) is 1.90. The smallest absolute Gasteiger partial charge is 0.284 e. The van der Waals surface area contributed by atoms with Crippen molar-refractivity contribution in [3.63, 3.8) is 0 Å². The maximum absolute atomic E-state index is 4.84. The van der Waals surface area contributed by atoms with E-state index in [4.69, 9.17) is 9.57 Å². The molecule has 0 aromatic carbocycles. The summed E-state index contributed by atoms with van der Waals surface area (Å²) in [6.45, 7) is 0. The van der Waals surface area contributed by atoms with Gasteiger partial charge in [-0.2, -0.15) is 0 Å². The Morgan fingerprint density at radius 2 is 2.20 bits per heavy atom. The normalized spacial score (nSPS) is 9.50. The molecule has 0 N–H and O–H groups in total. The second kappa shape index (κ2) is 2.78. The first kappa shape index (κ1) is 7.20. The number of rotatable bonds is 2. The van der Waals surface area contributed by atoms with Crippen molar-refractivity contribution in [2.45, 2.75) is 5.03 Å². The van der Waals surface area contributed by atoms with Gasteiger partial charge >= 0.3 is 0 Å². The van der Waals surface area contributed by atoms with Gasteiger partial charge in [0.1, 0.15) is 7.11 Å². The molecule has 0 fully saturated rings. The van der Waals surface area contributed by atoms with E-state index in [1.807, 2.05) is 0 Å². The van der Waals surface area contributed by atoms with Crippen molar-refractivity contribution in [3.8, 4) is 5.88 Å². The number of methoxy groups -OCH3 is 1. The highest BCUT2D eigenvalue weighted by molar-refractivity contribution is 7.80. The fourth-order valence-corrected chi connectivity index (χ4v) is 0.758. The highest BCUT2D eigenvalue weighted by Gasteiger charge is 2.08. The molecule has 1 rings (SSSR count). The van der Waals surface area contributed by atoms with Gasteiger partial charge in [0.2, 0.25) is 0 Å². The summed E-state index contributed by atoms with van der Waals surface area (Å²) in [4.78, 5) is 5.87. The van der Waals surface area contributed by atoms with Crippen molar-refractivity contribution >= 4 is 12.6 Å². The molecule has 1 heterocycles. The fourth-order valence-electron chi connectivity index (χ4n) is 0.541. The molecule has 10 heavy (non-hydrogen) atoms. The minimum absolute atomic E-state index is 0.394. The van der Waals surface area contributed by atoms with E-state index in [1.54, 1.807) is 0 Å². The van der Waals surface area contributed by atoms with Gasteiger partial charge in [-0.05, 0) is 10.1 Å². The van der Waals surface area contributed by atoms with Crippen molar-refractivity contribution < 1.29 is 9.57 Å². The van der Waals surface area contributed by atoms with Crippen molar-refractivity contribution in [2.75, 3.05) is 14.2 Å². The Hall–Kier alpha value is -0.910. The lowest BCUT2D eigenvalue weighted by Crippen LogP contribution is -2.09. The third-order valence-electron chi connectivity index (χ3n) is 0.952. The molecular formula is C4H7N3O2S. The molecule has 0 radical (unpaired) electrons. The summed E-state index contributed by atoms with van der Waals surface area (Å²) < 4.78 is 4.84. The first-order valence-electron chi connectivity index (χ1n) is 2.52. The molecule has 0 atom stereocenters. The first-order chi connectivity index (χ1) is 4.79. The van der Waals surface area contributed by atoms with Crippen LogP contribution in [-0.4, -0.2) is 29.4 Å². The van der Waals surface area contributed by atoms with Gasteiger partial charge in [-0.15, -0.1) is 17.7 Å². The van der Waals surface area contributed by atoms with Crippen LogP contribution in [-0.2, 0) is 0 Å². The van der Waals surface area contributed by atoms with Gasteiger partial charge < -0.3 is 9.57 Å². The summed E-state index contributed by atoms with van der Waals surface area (Å²) in [5, 5.41) is 7.54. The van der Waals surface area contributed by atoms with Crippen molar-refractivity contribution in [1.82, 2.24) is 15.2 Å². The number of ether oxygens (including phenoxy) is 1. The van der Waals surface area contributed by atoms with Gasteiger partial charge in [0, 0.05) is 0 Å². The Bertz CT molecular complexity index is 224. The molecule has 5 nitrogen and oxygen atoms in total. The van der Waals surface area contributed by atoms with Crippen LogP contribution in [0.15, 0.2) is 5.03 Å². The van der Waals surface area contributed by atoms with Crippen LogP contribution in [0.25, 0.3) is 0 Å². The summed E-state index contributed by atoms with van der Waals surface area (Å²) in [6, 6.07) is 0. The first-order valence-corrected chi connectivity index (χ1v) is 2.97. The van der Waals surface area contributed by atoms with Crippen LogP contribution < -0.4 is 9.57 Å². The lowest BCUT2D eigenvalue weighted by molar-refractivity contribution is 0.104. The fraction of sp³-hybridized carbons (Fsp3) is 0.500. The zero-order valence-corrected chi connectivity index (χ0v) is 6.50. The van der Waals surface area contributed by atoms with Crippen LogP contribution in [0.3, 0.4) is 0 Å². The van der Waals surface area contributed by atoms with Crippen molar-refractivity contribution in [2.24, 2.45) is 0 Å². The van der Waals surface area contributed by atoms with Crippen LogP contribution in [0, 0.1) is 0 Å². The molecule has 0 aliphatic heterocycles. The minimum Gasteiger partial charge on any atom is -0.477 e. The van der Waals surface area contributed by atoms with Crippen LogP contribution in [0.5, 0.6) is 5.88 Å². The van der Waals surface area contributed by atoms with E-state index >= 15 is 0 Å². The molecule has 0 amide bonds. The van der Waals surface area contributed by atoms with Gasteiger partial charge in [0.05, 0.1) is 7.11 Å². The third-order valence-corrected chi connectivity index (χ3v) is 1.23. The van der Waals surface area contributed by atoms with Gasteiger partial charge in [-0.3, -0.25) is 0 Å². The van der Waals surface area contributed by atoms with E-state index in [9.17, 15) is 0 Å². The number of aromatic nitrogens is 3. The van der Waals surface area contributed by atoms with E-state index < -0.39 is 0 Å². The van der Waals surface area contributed by atoms with Gasteiger partial charge in [0.25, 0.3) is 5.88 Å². The predicted octanol–water partition coefficient (Wildman–Crippen LogP) is -0.366. The van der Waals surface area contributed by atoms with Crippen LogP contribution >= 0.6 is 12.6 Å². The third kappa shape index (κ3) is 1.02. The maximum Gasteiger partial charge on any atom is 0.284 e. The summed E-state index contributed by atoms with van der Waals surface area (Å²) in [6.07, 6.45) is 0. The van der Waals surface area contributed by atoms with Crippen LogP contribution in [0.1, 0.15) is 0 Å².